The zero-order valence-electron chi connectivity index (χ0n) is 22.1. The Morgan fingerprint density at radius 3 is 1.65 bits per heavy atom. The van der Waals surface area contributed by atoms with Crippen molar-refractivity contribution in [1.29, 1.82) is 0 Å². The molecule has 0 saturated carbocycles. The molecule has 9 nitrogen and oxygen atoms in total. The molecular weight excluding hydrogens is 516 g/mol. The van der Waals surface area contributed by atoms with Gasteiger partial charge >= 0.3 is 17.9 Å². The Morgan fingerprint density at radius 1 is 0.750 bits per heavy atom. The molecule has 1 aliphatic heterocycles. The number of carbonyl (C=O) groups excluding carboxylic acids is 3. The maximum Gasteiger partial charge on any atom is 0.343 e. The van der Waals surface area contributed by atoms with Gasteiger partial charge in [-0.05, 0) is 79.2 Å². The van der Waals surface area contributed by atoms with Gasteiger partial charge in [-0.3, -0.25) is 0 Å². The number of hydrogen-bond donors (Lipinski definition) is 0. The average molecular weight is 547 g/mol. The lowest BCUT2D eigenvalue weighted by molar-refractivity contribution is -0.138. The van der Waals surface area contributed by atoms with Crippen LogP contribution in [0.1, 0.15) is 34.1 Å². The molecule has 1 saturated heterocycles. The van der Waals surface area contributed by atoms with Crippen molar-refractivity contribution < 1.29 is 42.8 Å². The standard InChI is InChI=1S/C31H30O9/c1-3-28(32)37-18-17-36-24-9-5-22(6-10-24)29(33)39-26-13-15-27(16-14-26)40-30(34)23-7-11-25(12-8-23)38-21-31(4-2)19-35-20-31/h3,5-16H,1,4,17-21H2,2H3. The van der Waals surface area contributed by atoms with Crippen molar-refractivity contribution in [3.05, 3.63) is 96.6 Å². The first-order valence-corrected chi connectivity index (χ1v) is 12.8. The highest BCUT2D eigenvalue weighted by atomic mass is 16.6. The fourth-order valence-electron chi connectivity index (χ4n) is 3.66. The number of esters is 3. The fourth-order valence-corrected chi connectivity index (χ4v) is 3.66. The Bertz CT molecular complexity index is 1300. The third-order valence-corrected chi connectivity index (χ3v) is 6.30. The third-order valence-electron chi connectivity index (χ3n) is 6.30. The molecule has 0 amide bonds. The minimum absolute atomic E-state index is 0.0727. The van der Waals surface area contributed by atoms with Crippen LogP contribution in [0.4, 0.5) is 0 Å². The molecule has 1 heterocycles. The molecule has 0 bridgehead atoms. The largest absolute Gasteiger partial charge is 0.493 e. The summed E-state index contributed by atoms with van der Waals surface area (Å²) in [6.07, 6.45) is 2.06. The predicted octanol–water partition coefficient (Wildman–Crippen LogP) is 5.04. The number of carbonyl (C=O) groups is 3. The van der Waals surface area contributed by atoms with Crippen LogP contribution < -0.4 is 18.9 Å². The highest BCUT2D eigenvalue weighted by Crippen LogP contribution is 2.32. The molecule has 0 aromatic heterocycles. The van der Waals surface area contributed by atoms with Gasteiger partial charge in [-0.25, -0.2) is 14.4 Å². The number of benzene rings is 3. The van der Waals surface area contributed by atoms with E-state index >= 15 is 0 Å². The summed E-state index contributed by atoms with van der Waals surface area (Å²) in [6, 6.07) is 19.3. The predicted molar refractivity (Wildman–Crippen MR) is 145 cm³/mol. The molecule has 9 heteroatoms. The molecule has 3 aromatic carbocycles. The Kier molecular flexibility index (Phi) is 9.53. The Hall–Kier alpha value is -4.63. The van der Waals surface area contributed by atoms with Crippen LogP contribution in [0.5, 0.6) is 23.0 Å². The quantitative estimate of drug-likeness (QED) is 0.126. The maximum atomic E-state index is 12.5. The normalized spacial score (nSPS) is 13.3. The first kappa shape index (κ1) is 28.4. The van der Waals surface area contributed by atoms with E-state index in [-0.39, 0.29) is 24.4 Å². The number of hydrogen-bond acceptors (Lipinski definition) is 9. The summed E-state index contributed by atoms with van der Waals surface area (Å²) in [5.41, 5.74) is 0.771. The topological polar surface area (TPSA) is 107 Å². The van der Waals surface area contributed by atoms with Crippen molar-refractivity contribution in [2.24, 2.45) is 5.41 Å². The Labute approximate surface area is 232 Å². The summed E-state index contributed by atoms with van der Waals surface area (Å²) in [4.78, 5) is 36.0. The Morgan fingerprint density at radius 2 is 1.23 bits per heavy atom. The highest BCUT2D eigenvalue weighted by Gasteiger charge is 2.37. The van der Waals surface area contributed by atoms with Gasteiger partial charge in [0.15, 0.2) is 0 Å². The second kappa shape index (κ2) is 13.4. The van der Waals surface area contributed by atoms with E-state index in [2.05, 4.69) is 13.5 Å². The van der Waals surface area contributed by atoms with Crippen molar-refractivity contribution in [2.75, 3.05) is 33.0 Å². The van der Waals surface area contributed by atoms with Gasteiger partial charge in [0.1, 0.15) is 36.2 Å². The van der Waals surface area contributed by atoms with Gasteiger partial charge in [0.25, 0.3) is 0 Å². The summed E-state index contributed by atoms with van der Waals surface area (Å²) in [5, 5.41) is 0. The monoisotopic (exact) mass is 546 g/mol. The Balaban J connectivity index is 1.22. The SMILES string of the molecule is C=CC(=O)OCCOc1ccc(C(=O)Oc2ccc(OC(=O)c3ccc(OCC4(CC)COC4)cc3)cc2)cc1. The summed E-state index contributed by atoms with van der Waals surface area (Å²) < 4.78 is 32.3. The van der Waals surface area contributed by atoms with Crippen molar-refractivity contribution in [2.45, 2.75) is 13.3 Å². The molecule has 3 aromatic rings. The number of ether oxygens (including phenoxy) is 6. The second-order valence-electron chi connectivity index (χ2n) is 9.15. The van der Waals surface area contributed by atoms with Crippen molar-refractivity contribution in [3.8, 4) is 23.0 Å². The summed E-state index contributed by atoms with van der Waals surface area (Å²) in [7, 11) is 0. The first-order valence-electron chi connectivity index (χ1n) is 12.8. The average Bonchev–Trinajstić information content (AvgIpc) is 2.96. The van der Waals surface area contributed by atoms with E-state index in [4.69, 9.17) is 28.4 Å². The summed E-state index contributed by atoms with van der Waals surface area (Å²) in [6.45, 7) is 7.65. The molecule has 1 aliphatic rings. The van der Waals surface area contributed by atoms with E-state index in [0.29, 0.717) is 48.2 Å². The third kappa shape index (κ3) is 7.70. The fraction of sp³-hybridized carbons (Fsp3) is 0.258. The van der Waals surface area contributed by atoms with Crippen LogP contribution in [0.15, 0.2) is 85.5 Å². The molecule has 1 fully saturated rings. The van der Waals surface area contributed by atoms with Crippen molar-refractivity contribution in [3.63, 3.8) is 0 Å². The molecule has 0 radical (unpaired) electrons. The van der Waals surface area contributed by atoms with E-state index in [1.165, 1.54) is 12.1 Å². The van der Waals surface area contributed by atoms with Crippen LogP contribution in [-0.2, 0) is 14.3 Å². The molecule has 208 valence electrons. The van der Waals surface area contributed by atoms with Gasteiger partial charge in [0.05, 0.1) is 36.4 Å². The first-order chi connectivity index (χ1) is 19.4. The van der Waals surface area contributed by atoms with Crippen LogP contribution in [0.3, 0.4) is 0 Å². The van der Waals surface area contributed by atoms with Gasteiger partial charge in [-0.1, -0.05) is 13.5 Å². The highest BCUT2D eigenvalue weighted by molar-refractivity contribution is 5.92. The molecule has 0 aliphatic carbocycles. The van der Waals surface area contributed by atoms with E-state index in [1.807, 2.05) is 0 Å². The van der Waals surface area contributed by atoms with Crippen LogP contribution in [0.25, 0.3) is 0 Å². The molecule has 0 unspecified atom stereocenters. The molecule has 0 N–H and O–H groups in total. The minimum Gasteiger partial charge on any atom is -0.493 e. The van der Waals surface area contributed by atoms with Gasteiger partial charge in [0.2, 0.25) is 0 Å². The van der Waals surface area contributed by atoms with Gasteiger partial charge in [0, 0.05) is 6.08 Å². The second-order valence-corrected chi connectivity index (χ2v) is 9.15. The number of rotatable bonds is 13. The molecule has 0 spiro atoms. The molecule has 40 heavy (non-hydrogen) atoms. The zero-order chi connectivity index (χ0) is 28.4. The summed E-state index contributed by atoms with van der Waals surface area (Å²) in [5.74, 6) is 0.175. The molecule has 4 rings (SSSR count). The van der Waals surface area contributed by atoms with E-state index in [0.717, 1.165) is 12.5 Å². The smallest absolute Gasteiger partial charge is 0.343 e. The minimum atomic E-state index is -0.562. The summed E-state index contributed by atoms with van der Waals surface area (Å²) >= 11 is 0. The zero-order valence-corrected chi connectivity index (χ0v) is 22.1. The van der Waals surface area contributed by atoms with Crippen LogP contribution in [0.2, 0.25) is 0 Å². The molecular formula is C31H30O9. The van der Waals surface area contributed by atoms with Crippen molar-refractivity contribution in [1.82, 2.24) is 0 Å². The van der Waals surface area contributed by atoms with Gasteiger partial charge in [-0.2, -0.15) is 0 Å². The molecule has 0 atom stereocenters. The van der Waals surface area contributed by atoms with Crippen LogP contribution in [0, 0.1) is 5.41 Å². The van der Waals surface area contributed by atoms with Crippen molar-refractivity contribution >= 4 is 17.9 Å². The van der Waals surface area contributed by atoms with Gasteiger partial charge < -0.3 is 28.4 Å². The van der Waals surface area contributed by atoms with Crippen LogP contribution in [-0.4, -0.2) is 50.9 Å². The van der Waals surface area contributed by atoms with Crippen LogP contribution >= 0.6 is 0 Å². The van der Waals surface area contributed by atoms with E-state index < -0.39 is 17.9 Å². The lowest BCUT2D eigenvalue weighted by atomic mass is 9.84. The van der Waals surface area contributed by atoms with Gasteiger partial charge in [-0.15, -0.1) is 0 Å². The van der Waals surface area contributed by atoms with E-state index in [9.17, 15) is 14.4 Å². The maximum absolute atomic E-state index is 12.5. The lowest BCUT2D eigenvalue weighted by Crippen LogP contribution is -2.46. The lowest BCUT2D eigenvalue weighted by Gasteiger charge is -2.40. The van der Waals surface area contributed by atoms with E-state index in [1.54, 1.807) is 60.7 Å².